The zero-order valence-electron chi connectivity index (χ0n) is 6.99. The van der Waals surface area contributed by atoms with Crippen molar-refractivity contribution in [1.82, 2.24) is 10.2 Å². The lowest BCUT2D eigenvalue weighted by molar-refractivity contribution is -0.139. The van der Waals surface area contributed by atoms with Crippen LogP contribution in [0.1, 0.15) is 6.42 Å². The normalized spacial score (nSPS) is 36.3. The molecule has 1 aliphatic carbocycles. The minimum absolute atomic E-state index is 0.0805. The maximum atomic E-state index is 10.6. The lowest BCUT2D eigenvalue weighted by Gasteiger charge is -2.27. The molecule has 0 aromatic rings. The fourth-order valence-corrected chi connectivity index (χ4v) is 1.86. The molecule has 2 rings (SSSR count). The molecule has 2 atom stereocenters. The molecule has 4 heteroatoms. The summed E-state index contributed by atoms with van der Waals surface area (Å²) in [6, 6.07) is 0.338. The van der Waals surface area contributed by atoms with E-state index in [-0.39, 0.29) is 5.92 Å². The van der Waals surface area contributed by atoms with E-state index >= 15 is 0 Å². The summed E-state index contributed by atoms with van der Waals surface area (Å²) in [6.07, 6.45) is 0.856. The van der Waals surface area contributed by atoms with Gasteiger partial charge in [-0.3, -0.25) is 9.69 Å². The SMILES string of the molecule is O=C(O)C1CC1N1CCNCC1. The van der Waals surface area contributed by atoms with Gasteiger partial charge in [-0.1, -0.05) is 0 Å². The van der Waals surface area contributed by atoms with E-state index in [0.29, 0.717) is 6.04 Å². The average Bonchev–Trinajstić information content (AvgIpc) is 2.84. The van der Waals surface area contributed by atoms with Crippen molar-refractivity contribution in [2.75, 3.05) is 26.2 Å². The van der Waals surface area contributed by atoms with Crippen LogP contribution < -0.4 is 5.32 Å². The van der Waals surface area contributed by atoms with Crippen LogP contribution in [-0.2, 0) is 4.79 Å². The van der Waals surface area contributed by atoms with E-state index in [1.54, 1.807) is 0 Å². The number of hydrogen-bond donors (Lipinski definition) is 2. The Kier molecular flexibility index (Phi) is 2.02. The zero-order chi connectivity index (χ0) is 8.55. The first kappa shape index (κ1) is 8.01. The highest BCUT2D eigenvalue weighted by atomic mass is 16.4. The number of nitrogens with one attached hydrogen (secondary N) is 1. The van der Waals surface area contributed by atoms with Crippen molar-refractivity contribution >= 4 is 5.97 Å². The summed E-state index contributed by atoms with van der Waals surface area (Å²) < 4.78 is 0. The van der Waals surface area contributed by atoms with E-state index in [4.69, 9.17) is 5.11 Å². The predicted molar refractivity (Wildman–Crippen MR) is 44.0 cm³/mol. The molecule has 2 unspecified atom stereocenters. The predicted octanol–water partition coefficient (Wildman–Crippen LogP) is -0.635. The highest BCUT2D eigenvalue weighted by molar-refractivity contribution is 5.74. The Morgan fingerprint density at radius 1 is 1.42 bits per heavy atom. The van der Waals surface area contributed by atoms with Crippen LogP contribution in [-0.4, -0.2) is 48.2 Å². The first-order valence-electron chi connectivity index (χ1n) is 4.46. The van der Waals surface area contributed by atoms with Gasteiger partial charge in [0.05, 0.1) is 5.92 Å². The number of carboxylic acid groups (broad SMARTS) is 1. The molecule has 68 valence electrons. The monoisotopic (exact) mass is 170 g/mol. The van der Waals surface area contributed by atoms with Crippen molar-refractivity contribution in [1.29, 1.82) is 0 Å². The van der Waals surface area contributed by atoms with Gasteiger partial charge < -0.3 is 10.4 Å². The molecule has 4 nitrogen and oxygen atoms in total. The summed E-state index contributed by atoms with van der Waals surface area (Å²) in [5, 5.41) is 12.0. The highest BCUT2D eigenvalue weighted by Gasteiger charge is 2.46. The topological polar surface area (TPSA) is 52.6 Å². The summed E-state index contributed by atoms with van der Waals surface area (Å²) in [4.78, 5) is 12.9. The van der Waals surface area contributed by atoms with E-state index in [1.165, 1.54) is 0 Å². The first-order valence-corrected chi connectivity index (χ1v) is 4.46. The van der Waals surface area contributed by atoms with Crippen molar-refractivity contribution in [3.8, 4) is 0 Å². The molecular formula is C8H14N2O2. The van der Waals surface area contributed by atoms with Gasteiger partial charge >= 0.3 is 5.97 Å². The van der Waals surface area contributed by atoms with Gasteiger partial charge in [0.25, 0.3) is 0 Å². The van der Waals surface area contributed by atoms with E-state index in [1.807, 2.05) is 0 Å². The minimum Gasteiger partial charge on any atom is -0.481 e. The summed E-state index contributed by atoms with van der Waals surface area (Å²) in [6.45, 7) is 4.02. The summed E-state index contributed by atoms with van der Waals surface area (Å²) in [5.41, 5.74) is 0. The molecule has 0 aromatic heterocycles. The second kappa shape index (κ2) is 3.03. The van der Waals surface area contributed by atoms with Crippen LogP contribution >= 0.6 is 0 Å². The second-order valence-corrected chi connectivity index (χ2v) is 3.53. The van der Waals surface area contributed by atoms with Crippen LogP contribution in [0.3, 0.4) is 0 Å². The summed E-state index contributed by atoms with van der Waals surface area (Å²) in [5.74, 6) is -0.707. The number of piperazine rings is 1. The Bertz CT molecular complexity index is 189. The standard InChI is InChI=1S/C8H14N2O2/c11-8(12)6-5-7(6)10-3-1-9-2-4-10/h6-7,9H,1-5H2,(H,11,12). The molecule has 1 heterocycles. The van der Waals surface area contributed by atoms with Gasteiger partial charge in [-0.25, -0.2) is 0 Å². The third-order valence-corrected chi connectivity index (χ3v) is 2.69. The average molecular weight is 170 g/mol. The molecule has 2 fully saturated rings. The summed E-state index contributed by atoms with van der Waals surface area (Å²) in [7, 11) is 0. The first-order chi connectivity index (χ1) is 5.79. The molecule has 2 aliphatic rings. The van der Waals surface area contributed by atoms with E-state index in [2.05, 4.69) is 10.2 Å². The Balaban J connectivity index is 1.83. The van der Waals surface area contributed by atoms with Crippen molar-refractivity contribution < 1.29 is 9.90 Å². The number of rotatable bonds is 2. The maximum Gasteiger partial charge on any atom is 0.308 e. The molecule has 0 radical (unpaired) electrons. The molecule has 2 N–H and O–H groups in total. The molecule has 0 aromatic carbocycles. The van der Waals surface area contributed by atoms with Crippen molar-refractivity contribution in [3.63, 3.8) is 0 Å². The molecular weight excluding hydrogens is 156 g/mol. The van der Waals surface area contributed by atoms with Gasteiger partial charge in [0.1, 0.15) is 0 Å². The zero-order valence-corrected chi connectivity index (χ0v) is 6.99. The number of carboxylic acids is 1. The smallest absolute Gasteiger partial charge is 0.308 e. The van der Waals surface area contributed by atoms with Gasteiger partial charge in [-0.15, -0.1) is 0 Å². The van der Waals surface area contributed by atoms with Crippen LogP contribution in [0.4, 0.5) is 0 Å². The van der Waals surface area contributed by atoms with Gasteiger partial charge in [0.15, 0.2) is 0 Å². The Morgan fingerprint density at radius 3 is 2.58 bits per heavy atom. The van der Waals surface area contributed by atoms with E-state index in [9.17, 15) is 4.79 Å². The molecule has 12 heavy (non-hydrogen) atoms. The van der Waals surface area contributed by atoms with Gasteiger partial charge in [-0.2, -0.15) is 0 Å². The van der Waals surface area contributed by atoms with Crippen LogP contribution in [0, 0.1) is 5.92 Å². The van der Waals surface area contributed by atoms with Gasteiger partial charge in [0, 0.05) is 32.2 Å². The minimum atomic E-state index is -0.626. The van der Waals surface area contributed by atoms with Gasteiger partial charge in [0.2, 0.25) is 0 Å². The molecule has 1 saturated carbocycles. The Morgan fingerprint density at radius 2 is 2.08 bits per heavy atom. The number of aliphatic carboxylic acids is 1. The van der Waals surface area contributed by atoms with E-state index in [0.717, 1.165) is 32.6 Å². The van der Waals surface area contributed by atoms with Crippen LogP contribution in [0.15, 0.2) is 0 Å². The molecule has 0 amide bonds. The van der Waals surface area contributed by atoms with Crippen LogP contribution in [0.2, 0.25) is 0 Å². The summed E-state index contributed by atoms with van der Waals surface area (Å²) >= 11 is 0. The number of nitrogens with zero attached hydrogens (tertiary/aromatic N) is 1. The molecule has 1 saturated heterocycles. The molecule has 0 spiro atoms. The lowest BCUT2D eigenvalue weighted by atomic mass is 10.3. The van der Waals surface area contributed by atoms with Crippen molar-refractivity contribution in [3.05, 3.63) is 0 Å². The second-order valence-electron chi connectivity index (χ2n) is 3.53. The maximum absolute atomic E-state index is 10.6. The largest absolute Gasteiger partial charge is 0.481 e. The Hall–Kier alpha value is -0.610. The van der Waals surface area contributed by atoms with Crippen LogP contribution in [0.25, 0.3) is 0 Å². The third-order valence-electron chi connectivity index (χ3n) is 2.69. The fourth-order valence-electron chi connectivity index (χ4n) is 1.86. The highest BCUT2D eigenvalue weighted by Crippen LogP contribution is 2.35. The van der Waals surface area contributed by atoms with Crippen molar-refractivity contribution in [2.45, 2.75) is 12.5 Å². The Labute approximate surface area is 71.5 Å². The molecule has 1 aliphatic heterocycles. The fraction of sp³-hybridized carbons (Fsp3) is 0.875. The van der Waals surface area contributed by atoms with Crippen molar-refractivity contribution in [2.24, 2.45) is 5.92 Å². The van der Waals surface area contributed by atoms with Crippen LogP contribution in [0.5, 0.6) is 0 Å². The third kappa shape index (κ3) is 1.44. The quantitative estimate of drug-likeness (QED) is 0.579. The molecule has 0 bridgehead atoms. The van der Waals surface area contributed by atoms with Gasteiger partial charge in [-0.05, 0) is 6.42 Å². The lowest BCUT2D eigenvalue weighted by Crippen LogP contribution is -2.45. The van der Waals surface area contributed by atoms with E-state index < -0.39 is 5.97 Å². The number of hydrogen-bond acceptors (Lipinski definition) is 3. The number of carbonyl (C=O) groups is 1.